The van der Waals surface area contributed by atoms with Crippen LogP contribution in [0.5, 0.6) is 10.8 Å². The minimum Gasteiger partial charge on any atom is -0.508 e. The lowest BCUT2D eigenvalue weighted by Crippen LogP contribution is -1.92. The number of nitrogens with two attached hydrogens (primary N) is 1. The van der Waals surface area contributed by atoms with Crippen molar-refractivity contribution in [1.82, 2.24) is 0 Å². The Balaban J connectivity index is 2.62. The van der Waals surface area contributed by atoms with E-state index in [2.05, 4.69) is 0 Å². The van der Waals surface area contributed by atoms with Gasteiger partial charge in [0, 0.05) is 10.1 Å². The van der Waals surface area contributed by atoms with E-state index in [-0.39, 0.29) is 5.75 Å². The molecular weight excluding hydrogens is 198 g/mol. The molecule has 74 valence electrons. The van der Waals surface area contributed by atoms with Gasteiger partial charge in [-0.25, -0.2) is 0 Å². The molecule has 14 heavy (non-hydrogen) atoms. The zero-order valence-electron chi connectivity index (χ0n) is 7.78. The summed E-state index contributed by atoms with van der Waals surface area (Å²) in [6.07, 6.45) is 0. The molecule has 0 aliphatic rings. The summed E-state index contributed by atoms with van der Waals surface area (Å²) < 4.78 is 6.40. The van der Waals surface area contributed by atoms with Gasteiger partial charge in [0.2, 0.25) is 0 Å². The number of nitrogen functional groups attached to an aromatic ring is 1. The van der Waals surface area contributed by atoms with Gasteiger partial charge in [0.15, 0.2) is 5.06 Å². The fraction of sp³-hybridized carbons (Fsp3) is 0.200. The van der Waals surface area contributed by atoms with E-state index in [9.17, 15) is 5.11 Å². The Bertz CT molecular complexity index is 464. The fourth-order valence-electron chi connectivity index (χ4n) is 1.32. The molecule has 0 saturated carbocycles. The van der Waals surface area contributed by atoms with Gasteiger partial charge in [-0.05, 0) is 25.1 Å². The number of aromatic hydroxyl groups is 1. The van der Waals surface area contributed by atoms with Gasteiger partial charge < -0.3 is 15.6 Å². The summed E-state index contributed by atoms with van der Waals surface area (Å²) >= 11 is 1.50. The zero-order valence-corrected chi connectivity index (χ0v) is 8.60. The molecule has 2 aromatic rings. The topological polar surface area (TPSA) is 55.5 Å². The lowest BCUT2D eigenvalue weighted by molar-refractivity contribution is 0.352. The van der Waals surface area contributed by atoms with E-state index in [4.69, 9.17) is 10.5 Å². The highest BCUT2D eigenvalue weighted by Crippen LogP contribution is 2.41. The Kier molecular flexibility index (Phi) is 2.21. The fourth-order valence-corrected chi connectivity index (χ4v) is 2.33. The van der Waals surface area contributed by atoms with E-state index in [0.29, 0.717) is 12.3 Å². The van der Waals surface area contributed by atoms with E-state index in [1.165, 1.54) is 11.3 Å². The van der Waals surface area contributed by atoms with Crippen molar-refractivity contribution in [3.05, 3.63) is 18.2 Å². The molecule has 2 rings (SSSR count). The number of ether oxygens (including phenoxy) is 1. The Labute approximate surface area is 85.7 Å². The molecule has 1 heterocycles. The van der Waals surface area contributed by atoms with Crippen molar-refractivity contribution < 1.29 is 9.84 Å². The van der Waals surface area contributed by atoms with Gasteiger partial charge in [-0.1, -0.05) is 11.3 Å². The largest absolute Gasteiger partial charge is 0.508 e. The van der Waals surface area contributed by atoms with Gasteiger partial charge >= 0.3 is 0 Å². The third-order valence-corrected chi connectivity index (χ3v) is 3.05. The molecular formula is C10H11NO2S. The third kappa shape index (κ3) is 1.37. The molecule has 0 radical (unpaired) electrons. The number of phenols is 1. The van der Waals surface area contributed by atoms with Crippen LogP contribution in [0, 0.1) is 0 Å². The van der Waals surface area contributed by atoms with E-state index >= 15 is 0 Å². The molecule has 0 amide bonds. The van der Waals surface area contributed by atoms with Crippen LogP contribution in [-0.2, 0) is 0 Å². The van der Waals surface area contributed by atoms with E-state index in [0.717, 1.165) is 15.1 Å². The van der Waals surface area contributed by atoms with Crippen molar-refractivity contribution >= 4 is 27.1 Å². The monoisotopic (exact) mass is 209 g/mol. The van der Waals surface area contributed by atoms with Crippen molar-refractivity contribution in [3.63, 3.8) is 0 Å². The molecule has 0 unspecified atom stereocenters. The van der Waals surface area contributed by atoms with Gasteiger partial charge in [0.1, 0.15) is 5.75 Å². The molecule has 1 aromatic carbocycles. The molecule has 0 bridgehead atoms. The number of rotatable bonds is 2. The van der Waals surface area contributed by atoms with Crippen LogP contribution in [0.25, 0.3) is 10.1 Å². The molecule has 0 spiro atoms. The van der Waals surface area contributed by atoms with Gasteiger partial charge in [-0.3, -0.25) is 0 Å². The van der Waals surface area contributed by atoms with Crippen LogP contribution in [0.2, 0.25) is 0 Å². The first-order valence-corrected chi connectivity index (χ1v) is 5.17. The van der Waals surface area contributed by atoms with Crippen LogP contribution in [-0.4, -0.2) is 11.7 Å². The maximum absolute atomic E-state index is 9.30. The summed E-state index contributed by atoms with van der Waals surface area (Å²) in [6.45, 7) is 2.52. The average molecular weight is 209 g/mol. The SMILES string of the molecule is CCOc1sc2ccc(O)cc2c1N. The molecule has 0 saturated heterocycles. The first-order chi connectivity index (χ1) is 6.72. The smallest absolute Gasteiger partial charge is 0.198 e. The highest BCUT2D eigenvalue weighted by molar-refractivity contribution is 7.21. The second kappa shape index (κ2) is 3.38. The van der Waals surface area contributed by atoms with Gasteiger partial charge in [-0.2, -0.15) is 0 Å². The van der Waals surface area contributed by atoms with E-state index in [1.54, 1.807) is 12.1 Å². The standard InChI is InChI=1S/C10H11NO2S/c1-2-13-10-9(11)7-5-6(12)3-4-8(7)14-10/h3-5,12H,2,11H2,1H3. The molecule has 0 aliphatic heterocycles. The number of thiophene rings is 1. The predicted octanol–water partition coefficient (Wildman–Crippen LogP) is 2.59. The summed E-state index contributed by atoms with van der Waals surface area (Å²) in [5.74, 6) is 0.227. The van der Waals surface area contributed by atoms with Crippen LogP contribution in [0.15, 0.2) is 18.2 Å². The Morgan fingerprint density at radius 1 is 1.50 bits per heavy atom. The summed E-state index contributed by atoms with van der Waals surface area (Å²) in [4.78, 5) is 0. The van der Waals surface area contributed by atoms with Crippen LogP contribution in [0.4, 0.5) is 5.69 Å². The maximum Gasteiger partial charge on any atom is 0.198 e. The molecule has 0 aliphatic carbocycles. The van der Waals surface area contributed by atoms with E-state index < -0.39 is 0 Å². The first-order valence-electron chi connectivity index (χ1n) is 4.36. The second-order valence-corrected chi connectivity index (χ2v) is 3.93. The number of anilines is 1. The Hall–Kier alpha value is -1.42. The molecule has 4 heteroatoms. The lowest BCUT2D eigenvalue weighted by Gasteiger charge is -1.98. The van der Waals surface area contributed by atoms with Crippen molar-refractivity contribution in [2.45, 2.75) is 6.92 Å². The number of phenolic OH excluding ortho intramolecular Hbond substituents is 1. The Morgan fingerprint density at radius 3 is 3.00 bits per heavy atom. The molecule has 3 N–H and O–H groups in total. The highest BCUT2D eigenvalue weighted by atomic mass is 32.1. The summed E-state index contributed by atoms with van der Waals surface area (Å²) in [5, 5.41) is 10.9. The molecule has 1 aromatic heterocycles. The average Bonchev–Trinajstić information content (AvgIpc) is 2.46. The highest BCUT2D eigenvalue weighted by Gasteiger charge is 2.10. The summed E-state index contributed by atoms with van der Waals surface area (Å²) in [7, 11) is 0. The third-order valence-electron chi connectivity index (χ3n) is 1.95. The number of fused-ring (bicyclic) bond motifs is 1. The van der Waals surface area contributed by atoms with Crippen LogP contribution in [0.3, 0.4) is 0 Å². The second-order valence-electron chi connectivity index (χ2n) is 2.92. The van der Waals surface area contributed by atoms with Gasteiger partial charge in [-0.15, -0.1) is 0 Å². The van der Waals surface area contributed by atoms with Crippen LogP contribution >= 0.6 is 11.3 Å². The zero-order chi connectivity index (χ0) is 10.1. The Morgan fingerprint density at radius 2 is 2.29 bits per heavy atom. The molecule has 3 nitrogen and oxygen atoms in total. The summed E-state index contributed by atoms with van der Waals surface area (Å²) in [5.41, 5.74) is 6.48. The van der Waals surface area contributed by atoms with Crippen molar-refractivity contribution in [1.29, 1.82) is 0 Å². The first kappa shape index (κ1) is 9.15. The quantitative estimate of drug-likeness (QED) is 0.799. The number of hydrogen-bond donors (Lipinski definition) is 2. The minimum absolute atomic E-state index is 0.227. The van der Waals surface area contributed by atoms with Crippen LogP contribution in [0.1, 0.15) is 6.92 Å². The number of benzene rings is 1. The van der Waals surface area contributed by atoms with Crippen molar-refractivity contribution in [2.75, 3.05) is 12.3 Å². The minimum atomic E-state index is 0.227. The van der Waals surface area contributed by atoms with Gasteiger partial charge in [0.05, 0.1) is 12.3 Å². The number of hydrogen-bond acceptors (Lipinski definition) is 4. The molecule has 0 atom stereocenters. The van der Waals surface area contributed by atoms with Crippen molar-refractivity contribution in [2.24, 2.45) is 0 Å². The summed E-state index contributed by atoms with van der Waals surface area (Å²) in [6, 6.07) is 5.14. The maximum atomic E-state index is 9.30. The predicted molar refractivity (Wildman–Crippen MR) is 59.1 cm³/mol. The van der Waals surface area contributed by atoms with E-state index in [1.807, 2.05) is 13.0 Å². The molecule has 0 fully saturated rings. The van der Waals surface area contributed by atoms with Crippen LogP contribution < -0.4 is 10.5 Å². The van der Waals surface area contributed by atoms with Gasteiger partial charge in [0.25, 0.3) is 0 Å². The van der Waals surface area contributed by atoms with Crippen molar-refractivity contribution in [3.8, 4) is 10.8 Å². The lowest BCUT2D eigenvalue weighted by atomic mass is 10.2. The normalized spacial score (nSPS) is 10.6.